The maximum absolute atomic E-state index is 12.5. The lowest BCUT2D eigenvalue weighted by Gasteiger charge is -2.34. The van der Waals surface area contributed by atoms with Crippen molar-refractivity contribution in [2.45, 2.75) is 25.1 Å². The highest BCUT2D eigenvalue weighted by Crippen LogP contribution is 2.26. The summed E-state index contributed by atoms with van der Waals surface area (Å²) in [4.78, 5) is 15.0. The largest absolute Gasteiger partial charge is 0.338 e. The lowest BCUT2D eigenvalue weighted by Crippen LogP contribution is -2.43. The molecule has 0 spiro atoms. The molecule has 2 atom stereocenters. The molecular formula is C14H17Br2NO. The van der Waals surface area contributed by atoms with Crippen molar-refractivity contribution < 1.29 is 4.79 Å². The molecule has 1 fully saturated rings. The van der Waals surface area contributed by atoms with Gasteiger partial charge in [-0.3, -0.25) is 4.79 Å². The van der Waals surface area contributed by atoms with Gasteiger partial charge in [-0.05, 0) is 37.0 Å². The Morgan fingerprint density at radius 3 is 2.83 bits per heavy atom. The minimum atomic E-state index is 0.153. The van der Waals surface area contributed by atoms with Gasteiger partial charge in [0.05, 0.1) is 0 Å². The number of halogens is 2. The number of amides is 1. The molecule has 0 N–H and O–H groups in total. The Morgan fingerprint density at radius 2 is 2.17 bits per heavy atom. The highest BCUT2D eigenvalue weighted by molar-refractivity contribution is 9.10. The van der Waals surface area contributed by atoms with Crippen molar-refractivity contribution in [2.75, 3.05) is 13.1 Å². The van der Waals surface area contributed by atoms with E-state index in [2.05, 4.69) is 38.8 Å². The van der Waals surface area contributed by atoms with E-state index < -0.39 is 0 Å². The highest BCUT2D eigenvalue weighted by atomic mass is 79.9. The summed E-state index contributed by atoms with van der Waals surface area (Å²) in [6.07, 6.45) is 1.03. The quantitative estimate of drug-likeness (QED) is 0.680. The maximum Gasteiger partial charge on any atom is 0.254 e. The van der Waals surface area contributed by atoms with Crippen LogP contribution in [0.25, 0.3) is 0 Å². The fraction of sp³-hybridized carbons (Fsp3) is 0.500. The second-order valence-electron chi connectivity index (χ2n) is 4.95. The van der Waals surface area contributed by atoms with Crippen molar-refractivity contribution >= 4 is 37.8 Å². The minimum absolute atomic E-state index is 0.153. The maximum atomic E-state index is 12.5. The molecule has 1 heterocycles. The molecule has 2 nitrogen and oxygen atoms in total. The fourth-order valence-electron chi connectivity index (χ4n) is 2.31. The van der Waals surface area contributed by atoms with Gasteiger partial charge in [-0.15, -0.1) is 0 Å². The molecule has 0 aliphatic carbocycles. The van der Waals surface area contributed by atoms with Crippen LogP contribution in [-0.4, -0.2) is 28.7 Å². The third kappa shape index (κ3) is 2.80. The Balaban J connectivity index is 2.19. The molecule has 1 aromatic rings. The average molecular weight is 375 g/mol. The van der Waals surface area contributed by atoms with Crippen LogP contribution in [0.5, 0.6) is 0 Å². The summed E-state index contributed by atoms with van der Waals surface area (Å²) < 4.78 is 0.997. The standard InChI is InChI=1S/C14H17Br2NO/c1-9-8-17(7-6-12(9)15)14(18)11-4-3-5-13(16)10(11)2/h3-5,9,12H,6-8H2,1-2H3. The Hall–Kier alpha value is -0.350. The summed E-state index contributed by atoms with van der Waals surface area (Å²) in [7, 11) is 0. The van der Waals surface area contributed by atoms with Crippen LogP contribution in [0.3, 0.4) is 0 Å². The fourth-order valence-corrected chi connectivity index (χ4v) is 3.05. The first-order valence-electron chi connectivity index (χ1n) is 6.19. The first kappa shape index (κ1) is 14.1. The smallest absolute Gasteiger partial charge is 0.254 e. The predicted octanol–water partition coefficient (Wildman–Crippen LogP) is 4.00. The van der Waals surface area contributed by atoms with Gasteiger partial charge < -0.3 is 4.90 Å². The summed E-state index contributed by atoms with van der Waals surface area (Å²) in [5, 5.41) is 0. The van der Waals surface area contributed by atoms with Gasteiger partial charge in [0, 0.05) is 28.0 Å². The average Bonchev–Trinajstić information content (AvgIpc) is 2.35. The van der Waals surface area contributed by atoms with Crippen LogP contribution in [0.4, 0.5) is 0 Å². The van der Waals surface area contributed by atoms with Crippen molar-refractivity contribution in [1.29, 1.82) is 0 Å². The zero-order valence-corrected chi connectivity index (χ0v) is 13.8. The molecular weight excluding hydrogens is 358 g/mol. The normalized spacial score (nSPS) is 24.1. The van der Waals surface area contributed by atoms with Crippen LogP contribution < -0.4 is 0 Å². The van der Waals surface area contributed by atoms with Gasteiger partial charge >= 0.3 is 0 Å². The molecule has 1 aliphatic rings. The highest BCUT2D eigenvalue weighted by Gasteiger charge is 2.28. The molecule has 0 saturated carbocycles. The lowest BCUT2D eigenvalue weighted by molar-refractivity contribution is 0.0689. The Bertz CT molecular complexity index is 461. The minimum Gasteiger partial charge on any atom is -0.338 e. The predicted molar refractivity (Wildman–Crippen MR) is 81.3 cm³/mol. The molecule has 4 heteroatoms. The Morgan fingerprint density at radius 1 is 1.44 bits per heavy atom. The van der Waals surface area contributed by atoms with Crippen LogP contribution >= 0.6 is 31.9 Å². The van der Waals surface area contributed by atoms with E-state index in [1.807, 2.05) is 30.0 Å². The molecule has 0 radical (unpaired) electrons. The number of rotatable bonds is 1. The second kappa shape index (κ2) is 5.74. The van der Waals surface area contributed by atoms with Crippen molar-refractivity contribution in [3.8, 4) is 0 Å². The van der Waals surface area contributed by atoms with Gasteiger partial charge in [-0.1, -0.05) is 44.8 Å². The van der Waals surface area contributed by atoms with E-state index in [0.29, 0.717) is 10.7 Å². The summed E-state index contributed by atoms with van der Waals surface area (Å²) in [5.41, 5.74) is 1.83. The van der Waals surface area contributed by atoms with Gasteiger partial charge in [0.15, 0.2) is 0 Å². The number of benzene rings is 1. The SMILES string of the molecule is Cc1c(Br)cccc1C(=O)N1CCC(Br)C(C)C1. The Kier molecular flexibility index (Phi) is 4.49. The molecule has 2 rings (SSSR count). The zero-order chi connectivity index (χ0) is 13.3. The monoisotopic (exact) mass is 373 g/mol. The van der Waals surface area contributed by atoms with Crippen LogP contribution in [0.2, 0.25) is 0 Å². The van der Waals surface area contributed by atoms with Gasteiger partial charge in [0.2, 0.25) is 0 Å². The van der Waals surface area contributed by atoms with E-state index in [-0.39, 0.29) is 5.91 Å². The van der Waals surface area contributed by atoms with Crippen molar-refractivity contribution in [3.05, 3.63) is 33.8 Å². The number of nitrogens with zero attached hydrogens (tertiary/aromatic N) is 1. The van der Waals surface area contributed by atoms with E-state index in [9.17, 15) is 4.79 Å². The third-order valence-electron chi connectivity index (χ3n) is 3.59. The number of hydrogen-bond donors (Lipinski definition) is 0. The van der Waals surface area contributed by atoms with Crippen molar-refractivity contribution in [3.63, 3.8) is 0 Å². The van der Waals surface area contributed by atoms with E-state index in [1.165, 1.54) is 0 Å². The molecule has 0 aromatic heterocycles. The molecule has 1 amide bonds. The number of likely N-dealkylation sites (tertiary alicyclic amines) is 1. The molecule has 2 unspecified atom stereocenters. The van der Waals surface area contributed by atoms with Crippen LogP contribution in [0.15, 0.2) is 22.7 Å². The number of carbonyl (C=O) groups excluding carboxylic acids is 1. The lowest BCUT2D eigenvalue weighted by atomic mass is 9.98. The topological polar surface area (TPSA) is 20.3 Å². The molecule has 0 bridgehead atoms. The van der Waals surface area contributed by atoms with Crippen LogP contribution in [0, 0.1) is 12.8 Å². The summed E-state index contributed by atoms with van der Waals surface area (Å²) in [6.45, 7) is 5.84. The summed E-state index contributed by atoms with van der Waals surface area (Å²) in [5.74, 6) is 0.662. The number of carbonyl (C=O) groups is 1. The Labute approximate surface area is 125 Å². The van der Waals surface area contributed by atoms with E-state index in [4.69, 9.17) is 0 Å². The third-order valence-corrected chi connectivity index (χ3v) is 5.81. The number of piperidine rings is 1. The second-order valence-corrected chi connectivity index (χ2v) is 6.98. The van der Waals surface area contributed by atoms with Gasteiger partial charge in [0.25, 0.3) is 5.91 Å². The van der Waals surface area contributed by atoms with Gasteiger partial charge in [-0.2, -0.15) is 0 Å². The van der Waals surface area contributed by atoms with Gasteiger partial charge in [0.1, 0.15) is 0 Å². The molecule has 98 valence electrons. The first-order valence-corrected chi connectivity index (χ1v) is 7.90. The number of alkyl halides is 1. The van der Waals surface area contributed by atoms with Crippen molar-refractivity contribution in [2.24, 2.45) is 5.92 Å². The molecule has 1 aliphatic heterocycles. The van der Waals surface area contributed by atoms with E-state index >= 15 is 0 Å². The van der Waals surface area contributed by atoms with E-state index in [1.54, 1.807) is 0 Å². The van der Waals surface area contributed by atoms with Crippen LogP contribution in [0.1, 0.15) is 29.3 Å². The molecule has 18 heavy (non-hydrogen) atoms. The zero-order valence-electron chi connectivity index (χ0n) is 10.6. The first-order chi connectivity index (χ1) is 8.50. The van der Waals surface area contributed by atoms with Crippen LogP contribution in [-0.2, 0) is 0 Å². The molecule has 1 aromatic carbocycles. The summed E-state index contributed by atoms with van der Waals surface area (Å²) >= 11 is 7.15. The van der Waals surface area contributed by atoms with E-state index in [0.717, 1.165) is 35.1 Å². The van der Waals surface area contributed by atoms with Crippen molar-refractivity contribution in [1.82, 2.24) is 4.90 Å². The number of hydrogen-bond acceptors (Lipinski definition) is 1. The summed E-state index contributed by atoms with van der Waals surface area (Å²) in [6, 6.07) is 5.80. The van der Waals surface area contributed by atoms with Gasteiger partial charge in [-0.25, -0.2) is 0 Å². The molecule has 1 saturated heterocycles.